The molecule has 3 N–H and O–H groups in total. The number of nitrogens with two attached hydrogens (primary N) is 1. The van der Waals surface area contributed by atoms with Crippen LogP contribution in [0.5, 0.6) is 0 Å². The van der Waals surface area contributed by atoms with Gasteiger partial charge in [-0.1, -0.05) is 13.3 Å². The van der Waals surface area contributed by atoms with Crippen LogP contribution in [0.25, 0.3) is 0 Å². The van der Waals surface area contributed by atoms with Gasteiger partial charge in [-0.2, -0.15) is 0 Å². The standard InChI is InChI=1S/C12H21N5O/c1-3-4-5-17(9-11(13)18)12-15-7-10(6-14-2)8-16-12/h7-8,14H,3-6,9H2,1-2H3,(H2,13,18). The Morgan fingerprint density at radius 3 is 2.61 bits per heavy atom. The van der Waals surface area contributed by atoms with Gasteiger partial charge in [0.25, 0.3) is 0 Å². The first-order valence-electron chi connectivity index (χ1n) is 6.16. The van der Waals surface area contributed by atoms with Gasteiger partial charge in [-0.3, -0.25) is 4.79 Å². The van der Waals surface area contributed by atoms with Crippen LogP contribution in [0.15, 0.2) is 12.4 Å². The number of rotatable bonds is 8. The summed E-state index contributed by atoms with van der Waals surface area (Å²) in [5.74, 6) is 0.191. The van der Waals surface area contributed by atoms with Gasteiger partial charge in [-0.25, -0.2) is 9.97 Å². The van der Waals surface area contributed by atoms with Gasteiger partial charge in [-0.05, 0) is 13.5 Å². The van der Waals surface area contributed by atoms with Crippen LogP contribution in [0.4, 0.5) is 5.95 Å². The molecule has 100 valence electrons. The molecule has 1 amide bonds. The summed E-state index contributed by atoms with van der Waals surface area (Å²) in [7, 11) is 1.87. The van der Waals surface area contributed by atoms with Crippen LogP contribution in [0, 0.1) is 0 Å². The second-order valence-electron chi connectivity index (χ2n) is 4.16. The van der Waals surface area contributed by atoms with E-state index < -0.39 is 0 Å². The Hall–Kier alpha value is -1.69. The molecule has 0 saturated carbocycles. The molecule has 0 aliphatic rings. The summed E-state index contributed by atoms with van der Waals surface area (Å²) < 4.78 is 0. The number of unbranched alkanes of at least 4 members (excludes halogenated alkanes) is 1. The highest BCUT2D eigenvalue weighted by atomic mass is 16.1. The summed E-state index contributed by atoms with van der Waals surface area (Å²) in [6, 6.07) is 0. The number of nitrogens with zero attached hydrogens (tertiary/aromatic N) is 3. The number of amides is 1. The first-order valence-corrected chi connectivity index (χ1v) is 6.16. The number of hydrogen-bond acceptors (Lipinski definition) is 5. The number of primary amides is 1. The number of carbonyl (C=O) groups excluding carboxylic acids is 1. The molecule has 1 aromatic rings. The highest BCUT2D eigenvalue weighted by Gasteiger charge is 2.11. The van der Waals surface area contributed by atoms with Gasteiger partial charge < -0.3 is 16.0 Å². The topological polar surface area (TPSA) is 84.1 Å². The van der Waals surface area contributed by atoms with Crippen LogP contribution in [0.3, 0.4) is 0 Å². The lowest BCUT2D eigenvalue weighted by molar-refractivity contribution is -0.116. The van der Waals surface area contributed by atoms with Crippen molar-refractivity contribution >= 4 is 11.9 Å². The quantitative estimate of drug-likeness (QED) is 0.693. The molecule has 18 heavy (non-hydrogen) atoms. The fourth-order valence-electron chi connectivity index (χ4n) is 1.59. The maximum atomic E-state index is 11.0. The monoisotopic (exact) mass is 251 g/mol. The lowest BCUT2D eigenvalue weighted by Crippen LogP contribution is -2.35. The first kappa shape index (κ1) is 14.4. The van der Waals surface area contributed by atoms with E-state index in [1.54, 1.807) is 12.4 Å². The van der Waals surface area contributed by atoms with Gasteiger partial charge in [0.15, 0.2) is 0 Å². The Morgan fingerprint density at radius 1 is 1.44 bits per heavy atom. The number of anilines is 1. The van der Waals surface area contributed by atoms with Gasteiger partial charge in [0, 0.05) is 31.0 Å². The fourth-order valence-corrected chi connectivity index (χ4v) is 1.59. The molecule has 6 heteroatoms. The van der Waals surface area contributed by atoms with Gasteiger partial charge in [0.05, 0.1) is 6.54 Å². The average molecular weight is 251 g/mol. The third-order valence-electron chi connectivity index (χ3n) is 2.48. The van der Waals surface area contributed by atoms with Gasteiger partial charge >= 0.3 is 0 Å². The summed E-state index contributed by atoms with van der Waals surface area (Å²) in [6.45, 7) is 3.72. The molecule has 0 aromatic carbocycles. The van der Waals surface area contributed by atoms with Gasteiger partial charge in [-0.15, -0.1) is 0 Å². The zero-order valence-electron chi connectivity index (χ0n) is 11.0. The summed E-state index contributed by atoms with van der Waals surface area (Å²) in [5.41, 5.74) is 6.24. The molecule has 0 spiro atoms. The maximum Gasteiger partial charge on any atom is 0.237 e. The van der Waals surface area contributed by atoms with E-state index in [1.807, 2.05) is 11.9 Å². The van der Waals surface area contributed by atoms with E-state index in [9.17, 15) is 4.79 Å². The molecule has 0 unspecified atom stereocenters. The highest BCUT2D eigenvalue weighted by Crippen LogP contribution is 2.08. The van der Waals surface area contributed by atoms with Crippen molar-refractivity contribution in [3.05, 3.63) is 18.0 Å². The normalized spacial score (nSPS) is 10.3. The molecule has 0 atom stereocenters. The number of aromatic nitrogens is 2. The molecule has 0 saturated heterocycles. The van der Waals surface area contributed by atoms with E-state index in [4.69, 9.17) is 5.73 Å². The van der Waals surface area contributed by atoms with Crippen molar-refractivity contribution < 1.29 is 4.79 Å². The summed E-state index contributed by atoms with van der Waals surface area (Å²) in [6.07, 6.45) is 5.56. The van der Waals surface area contributed by atoms with E-state index in [1.165, 1.54) is 0 Å². The van der Waals surface area contributed by atoms with Crippen molar-refractivity contribution in [3.63, 3.8) is 0 Å². The van der Waals surface area contributed by atoms with E-state index in [-0.39, 0.29) is 12.5 Å². The minimum absolute atomic E-state index is 0.158. The van der Waals surface area contributed by atoms with Crippen molar-refractivity contribution in [2.75, 3.05) is 25.0 Å². The Bertz CT molecular complexity index is 365. The zero-order valence-corrected chi connectivity index (χ0v) is 11.0. The van der Waals surface area contributed by atoms with Crippen molar-refractivity contribution in [2.45, 2.75) is 26.3 Å². The lowest BCUT2D eigenvalue weighted by atomic mass is 10.3. The van der Waals surface area contributed by atoms with Crippen LogP contribution in [0.2, 0.25) is 0 Å². The Balaban J connectivity index is 2.73. The lowest BCUT2D eigenvalue weighted by Gasteiger charge is -2.20. The number of nitrogens with one attached hydrogen (secondary N) is 1. The third kappa shape index (κ3) is 4.67. The van der Waals surface area contributed by atoms with Crippen LogP contribution in [0.1, 0.15) is 25.3 Å². The average Bonchev–Trinajstić information content (AvgIpc) is 2.35. The minimum Gasteiger partial charge on any atom is -0.368 e. The number of hydrogen-bond donors (Lipinski definition) is 2. The number of carbonyl (C=O) groups is 1. The van der Waals surface area contributed by atoms with Crippen LogP contribution < -0.4 is 16.0 Å². The Labute approximate surface area is 108 Å². The largest absolute Gasteiger partial charge is 0.368 e. The highest BCUT2D eigenvalue weighted by molar-refractivity contribution is 5.78. The van der Waals surface area contributed by atoms with Crippen LogP contribution >= 0.6 is 0 Å². The second kappa shape index (κ2) is 7.60. The predicted octanol–water partition coefficient (Wildman–Crippen LogP) is 0.288. The zero-order chi connectivity index (χ0) is 13.4. The minimum atomic E-state index is -0.367. The van der Waals surface area contributed by atoms with Crippen molar-refractivity contribution in [2.24, 2.45) is 5.73 Å². The second-order valence-corrected chi connectivity index (χ2v) is 4.16. The summed E-state index contributed by atoms with van der Waals surface area (Å²) in [5, 5.41) is 3.03. The predicted molar refractivity (Wildman–Crippen MR) is 71.1 cm³/mol. The van der Waals surface area contributed by atoms with E-state index >= 15 is 0 Å². The third-order valence-corrected chi connectivity index (χ3v) is 2.48. The molecular formula is C12H21N5O. The molecule has 0 aliphatic carbocycles. The molecule has 1 rings (SSSR count). The van der Waals surface area contributed by atoms with Crippen molar-refractivity contribution in [1.29, 1.82) is 0 Å². The van der Waals surface area contributed by atoms with E-state index in [0.717, 1.165) is 31.5 Å². The summed E-state index contributed by atoms with van der Waals surface area (Å²) >= 11 is 0. The fraction of sp³-hybridized carbons (Fsp3) is 0.583. The van der Waals surface area contributed by atoms with Gasteiger partial charge in [0.1, 0.15) is 0 Å². The van der Waals surface area contributed by atoms with Crippen LogP contribution in [-0.4, -0.2) is 36.0 Å². The molecule has 1 heterocycles. The van der Waals surface area contributed by atoms with Crippen molar-refractivity contribution in [3.8, 4) is 0 Å². The molecule has 0 bridgehead atoms. The molecule has 0 fully saturated rings. The SMILES string of the molecule is CCCCN(CC(N)=O)c1ncc(CNC)cn1. The first-order chi connectivity index (χ1) is 8.67. The molecule has 0 aliphatic heterocycles. The van der Waals surface area contributed by atoms with E-state index in [0.29, 0.717) is 5.95 Å². The molecule has 1 aromatic heterocycles. The van der Waals surface area contributed by atoms with E-state index in [2.05, 4.69) is 22.2 Å². The molecule has 6 nitrogen and oxygen atoms in total. The summed E-state index contributed by atoms with van der Waals surface area (Å²) in [4.78, 5) is 21.4. The van der Waals surface area contributed by atoms with Gasteiger partial charge in [0.2, 0.25) is 11.9 Å². The Morgan fingerprint density at radius 2 is 2.11 bits per heavy atom. The smallest absolute Gasteiger partial charge is 0.237 e. The molecule has 0 radical (unpaired) electrons. The van der Waals surface area contributed by atoms with Crippen LogP contribution in [-0.2, 0) is 11.3 Å². The Kier molecular flexibility index (Phi) is 6.07. The van der Waals surface area contributed by atoms with Crippen molar-refractivity contribution in [1.82, 2.24) is 15.3 Å². The molecular weight excluding hydrogens is 230 g/mol. The maximum absolute atomic E-state index is 11.0.